The van der Waals surface area contributed by atoms with Gasteiger partial charge in [-0.05, 0) is 84.0 Å². The third-order valence-electron chi connectivity index (χ3n) is 5.46. The highest BCUT2D eigenvalue weighted by Gasteiger charge is 2.29. The first kappa shape index (κ1) is 20.5. The molecule has 0 aromatic heterocycles. The lowest BCUT2D eigenvalue weighted by Crippen LogP contribution is -2.23. The van der Waals surface area contributed by atoms with Crippen LogP contribution in [0.25, 0.3) is 11.4 Å². The minimum absolute atomic E-state index is 0.0562. The number of hydrogen-bond acceptors (Lipinski definition) is 3. The lowest BCUT2D eigenvalue weighted by molar-refractivity contribution is 0.0696. The summed E-state index contributed by atoms with van der Waals surface area (Å²) in [5, 5.41) is 9.16. The number of ether oxygens (including phenoxy) is 1. The molecule has 0 saturated carbocycles. The maximum absolute atomic E-state index is 15.4. The number of aromatic carboxylic acids is 1. The Kier molecular flexibility index (Phi) is 5.57. The SMILES string of the molecule is COc1cc(C(=O)O)ccc1C(F)=C(C)c1cc2c(cc1C)SCCC2(C)C. The Morgan fingerprint density at radius 3 is 2.57 bits per heavy atom. The Bertz CT molecular complexity index is 976. The van der Waals surface area contributed by atoms with Crippen LogP contribution in [0.1, 0.15) is 59.8 Å². The molecule has 0 saturated heterocycles. The van der Waals surface area contributed by atoms with E-state index in [0.29, 0.717) is 5.57 Å². The predicted molar refractivity (Wildman–Crippen MR) is 113 cm³/mol. The summed E-state index contributed by atoms with van der Waals surface area (Å²) in [5.74, 6) is -0.174. The van der Waals surface area contributed by atoms with E-state index in [2.05, 4.69) is 26.0 Å². The van der Waals surface area contributed by atoms with Crippen molar-refractivity contribution in [2.75, 3.05) is 12.9 Å². The van der Waals surface area contributed by atoms with Crippen molar-refractivity contribution < 1.29 is 19.0 Å². The predicted octanol–water partition coefficient (Wildman–Crippen LogP) is 6.33. The molecule has 1 heterocycles. The highest BCUT2D eigenvalue weighted by atomic mass is 32.2. The van der Waals surface area contributed by atoms with Gasteiger partial charge in [0.2, 0.25) is 0 Å². The van der Waals surface area contributed by atoms with Gasteiger partial charge < -0.3 is 9.84 Å². The first-order valence-electron chi connectivity index (χ1n) is 9.22. The van der Waals surface area contributed by atoms with E-state index in [1.807, 2.05) is 18.7 Å². The van der Waals surface area contributed by atoms with E-state index < -0.39 is 11.8 Å². The molecule has 0 atom stereocenters. The number of aryl methyl sites for hydroxylation is 1. The summed E-state index contributed by atoms with van der Waals surface area (Å²) in [6.07, 6.45) is 1.09. The second-order valence-electron chi connectivity index (χ2n) is 7.80. The van der Waals surface area contributed by atoms with Gasteiger partial charge in [0.15, 0.2) is 0 Å². The van der Waals surface area contributed by atoms with Crippen LogP contribution in [0.5, 0.6) is 5.75 Å². The van der Waals surface area contributed by atoms with Crippen LogP contribution < -0.4 is 4.74 Å². The summed E-state index contributed by atoms with van der Waals surface area (Å²) < 4.78 is 20.7. The Hall–Kier alpha value is -2.27. The Balaban J connectivity index is 2.14. The van der Waals surface area contributed by atoms with Gasteiger partial charge in [-0.2, -0.15) is 0 Å². The molecule has 3 nitrogen and oxygen atoms in total. The molecule has 1 N–H and O–H groups in total. The Labute approximate surface area is 169 Å². The van der Waals surface area contributed by atoms with Gasteiger partial charge in [-0.15, -0.1) is 11.8 Å². The first-order chi connectivity index (χ1) is 13.2. The van der Waals surface area contributed by atoms with Crippen molar-refractivity contribution in [3.63, 3.8) is 0 Å². The lowest BCUT2D eigenvalue weighted by Gasteiger charge is -2.33. The third-order valence-corrected chi connectivity index (χ3v) is 6.52. The van der Waals surface area contributed by atoms with Gasteiger partial charge in [0, 0.05) is 4.90 Å². The molecule has 5 heteroatoms. The number of hydrogen-bond donors (Lipinski definition) is 1. The zero-order valence-corrected chi connectivity index (χ0v) is 17.7. The van der Waals surface area contributed by atoms with Gasteiger partial charge in [0.05, 0.1) is 18.2 Å². The number of methoxy groups -OCH3 is 1. The molecule has 28 heavy (non-hydrogen) atoms. The maximum Gasteiger partial charge on any atom is 0.335 e. The Morgan fingerprint density at radius 1 is 1.21 bits per heavy atom. The van der Waals surface area contributed by atoms with E-state index in [-0.39, 0.29) is 22.3 Å². The third kappa shape index (κ3) is 3.68. The molecular weight excluding hydrogens is 375 g/mol. The summed E-state index contributed by atoms with van der Waals surface area (Å²) in [6, 6.07) is 8.48. The second kappa shape index (κ2) is 7.63. The zero-order chi connectivity index (χ0) is 20.6. The minimum Gasteiger partial charge on any atom is -0.496 e. The van der Waals surface area contributed by atoms with Crippen molar-refractivity contribution in [2.24, 2.45) is 0 Å². The van der Waals surface area contributed by atoms with Gasteiger partial charge in [0.25, 0.3) is 0 Å². The number of benzene rings is 2. The minimum atomic E-state index is -1.07. The van der Waals surface area contributed by atoms with Crippen LogP contribution in [0.3, 0.4) is 0 Å². The number of allylic oxidation sites excluding steroid dienone is 1. The van der Waals surface area contributed by atoms with Gasteiger partial charge in [-0.1, -0.05) is 13.8 Å². The van der Waals surface area contributed by atoms with E-state index >= 15 is 4.39 Å². The lowest BCUT2D eigenvalue weighted by atomic mass is 9.80. The molecule has 0 aliphatic carbocycles. The maximum atomic E-state index is 15.4. The highest BCUT2D eigenvalue weighted by Crippen LogP contribution is 2.44. The van der Waals surface area contributed by atoms with Crippen molar-refractivity contribution in [3.05, 3.63) is 58.1 Å². The van der Waals surface area contributed by atoms with Gasteiger partial charge in [0.1, 0.15) is 11.6 Å². The molecule has 0 radical (unpaired) electrons. The number of thioether (sulfide) groups is 1. The summed E-state index contributed by atoms with van der Waals surface area (Å²) in [7, 11) is 1.41. The monoisotopic (exact) mass is 400 g/mol. The molecule has 0 amide bonds. The van der Waals surface area contributed by atoms with Gasteiger partial charge in [-0.25, -0.2) is 9.18 Å². The van der Waals surface area contributed by atoms with E-state index in [9.17, 15) is 4.79 Å². The fraction of sp³-hybridized carbons (Fsp3) is 0.348. The highest BCUT2D eigenvalue weighted by molar-refractivity contribution is 7.99. The van der Waals surface area contributed by atoms with Gasteiger partial charge in [-0.3, -0.25) is 0 Å². The van der Waals surface area contributed by atoms with Gasteiger partial charge >= 0.3 is 5.97 Å². The zero-order valence-electron chi connectivity index (χ0n) is 16.9. The smallest absolute Gasteiger partial charge is 0.335 e. The van der Waals surface area contributed by atoms with Crippen molar-refractivity contribution in [3.8, 4) is 5.75 Å². The van der Waals surface area contributed by atoms with Crippen LogP contribution in [0, 0.1) is 6.92 Å². The molecule has 0 bridgehead atoms. The molecule has 3 rings (SSSR count). The van der Waals surface area contributed by atoms with E-state index in [0.717, 1.165) is 23.3 Å². The van der Waals surface area contributed by atoms with E-state index in [4.69, 9.17) is 9.84 Å². The number of halogens is 1. The quantitative estimate of drug-likeness (QED) is 0.609. The molecule has 0 fully saturated rings. The molecule has 1 aliphatic heterocycles. The number of carboxylic acid groups (broad SMARTS) is 1. The Morgan fingerprint density at radius 2 is 1.93 bits per heavy atom. The van der Waals surface area contributed by atoms with Crippen LogP contribution in [-0.4, -0.2) is 23.9 Å². The van der Waals surface area contributed by atoms with Crippen LogP contribution in [-0.2, 0) is 5.41 Å². The summed E-state index contributed by atoms with van der Waals surface area (Å²) in [6.45, 7) is 8.22. The largest absolute Gasteiger partial charge is 0.496 e. The summed E-state index contributed by atoms with van der Waals surface area (Å²) in [5.41, 5.74) is 4.05. The van der Waals surface area contributed by atoms with Crippen LogP contribution in [0.15, 0.2) is 35.2 Å². The molecule has 148 valence electrons. The normalized spacial score (nSPS) is 16.2. The number of rotatable bonds is 4. The number of carbonyl (C=O) groups is 1. The van der Waals surface area contributed by atoms with Crippen molar-refractivity contribution in [2.45, 2.75) is 44.4 Å². The first-order valence-corrected chi connectivity index (χ1v) is 10.2. The number of carboxylic acids is 1. The average Bonchev–Trinajstić information content (AvgIpc) is 2.65. The van der Waals surface area contributed by atoms with Crippen LogP contribution in [0.2, 0.25) is 0 Å². The van der Waals surface area contributed by atoms with Crippen molar-refractivity contribution in [1.82, 2.24) is 0 Å². The molecule has 1 aliphatic rings. The molecular formula is C23H25FO3S. The van der Waals surface area contributed by atoms with Crippen LogP contribution in [0.4, 0.5) is 4.39 Å². The molecule has 0 spiro atoms. The van der Waals surface area contributed by atoms with Crippen molar-refractivity contribution in [1.29, 1.82) is 0 Å². The second-order valence-corrected chi connectivity index (χ2v) is 8.94. The fourth-order valence-corrected chi connectivity index (χ4v) is 5.19. The fourth-order valence-electron chi connectivity index (χ4n) is 3.61. The van der Waals surface area contributed by atoms with E-state index in [1.165, 1.54) is 35.8 Å². The standard InChI is InChI=1S/C23H25FO3S/c1-13-10-20-18(23(3,4)8-9-28-20)12-17(13)14(2)21(24)16-7-6-15(22(25)26)11-19(16)27-5/h6-7,10-12H,8-9H2,1-5H3,(H,25,26). The molecule has 2 aromatic rings. The summed E-state index contributed by atoms with van der Waals surface area (Å²) in [4.78, 5) is 12.5. The molecule has 2 aromatic carbocycles. The van der Waals surface area contributed by atoms with E-state index in [1.54, 1.807) is 6.92 Å². The molecule has 0 unspecified atom stereocenters. The van der Waals surface area contributed by atoms with Crippen LogP contribution >= 0.6 is 11.8 Å². The number of fused-ring (bicyclic) bond motifs is 1. The topological polar surface area (TPSA) is 46.5 Å². The summed E-state index contributed by atoms with van der Waals surface area (Å²) >= 11 is 1.86. The van der Waals surface area contributed by atoms with Crippen molar-refractivity contribution >= 4 is 29.1 Å². The average molecular weight is 401 g/mol.